The summed E-state index contributed by atoms with van der Waals surface area (Å²) in [6.07, 6.45) is 7.25. The van der Waals surface area contributed by atoms with E-state index in [1.165, 1.54) is 0 Å². The molecule has 6 nitrogen and oxygen atoms in total. The average molecular weight is 359 g/mol. The first kappa shape index (κ1) is 17.7. The molecule has 3 aliphatic rings. The summed E-state index contributed by atoms with van der Waals surface area (Å²) in [6.45, 7) is 5.30. The fourth-order valence-electron chi connectivity index (χ4n) is 4.62. The van der Waals surface area contributed by atoms with Gasteiger partial charge in [-0.05, 0) is 44.2 Å². The summed E-state index contributed by atoms with van der Waals surface area (Å²) in [5.41, 5.74) is 0.860. The highest BCUT2D eigenvalue weighted by atomic mass is 16.5. The number of carbonyl (C=O) groups is 1. The molecule has 0 aliphatic carbocycles. The molecule has 0 N–H and O–H groups in total. The lowest BCUT2D eigenvalue weighted by molar-refractivity contribution is -0.149. The standard InChI is InChI=1S/C20H29N3O3/c24-19(22-10-3-4-11-22)23-12-7-18-20(15-23,8-5-13-26-18)16-25-14-17-6-1-2-9-21-17/h1-2,6,9,18H,3-5,7-8,10-16H2/t18-,20-/m1/s1. The lowest BCUT2D eigenvalue weighted by atomic mass is 9.73. The lowest BCUT2D eigenvalue weighted by Crippen LogP contribution is -2.59. The highest BCUT2D eigenvalue weighted by molar-refractivity contribution is 5.75. The number of ether oxygens (including phenoxy) is 2. The summed E-state index contributed by atoms with van der Waals surface area (Å²) in [5, 5.41) is 0. The van der Waals surface area contributed by atoms with Crippen LogP contribution in [-0.2, 0) is 16.1 Å². The second-order valence-electron chi connectivity index (χ2n) is 7.83. The fourth-order valence-corrected chi connectivity index (χ4v) is 4.62. The van der Waals surface area contributed by atoms with E-state index >= 15 is 0 Å². The van der Waals surface area contributed by atoms with Crippen molar-refractivity contribution in [3.63, 3.8) is 0 Å². The molecule has 142 valence electrons. The van der Waals surface area contributed by atoms with Crippen molar-refractivity contribution in [2.24, 2.45) is 5.41 Å². The topological polar surface area (TPSA) is 54.9 Å². The molecule has 3 fully saturated rings. The third-order valence-corrected chi connectivity index (χ3v) is 6.00. The molecule has 0 spiro atoms. The zero-order chi connectivity index (χ0) is 17.8. The van der Waals surface area contributed by atoms with Crippen molar-refractivity contribution in [3.8, 4) is 0 Å². The van der Waals surface area contributed by atoms with Gasteiger partial charge >= 0.3 is 6.03 Å². The molecule has 3 aliphatic heterocycles. The molecule has 4 rings (SSSR count). The van der Waals surface area contributed by atoms with Gasteiger partial charge in [-0.3, -0.25) is 4.98 Å². The van der Waals surface area contributed by atoms with Crippen LogP contribution in [-0.4, -0.2) is 66.3 Å². The van der Waals surface area contributed by atoms with E-state index in [0.29, 0.717) is 13.2 Å². The van der Waals surface area contributed by atoms with E-state index in [1.807, 2.05) is 28.0 Å². The van der Waals surface area contributed by atoms with Crippen LogP contribution >= 0.6 is 0 Å². The molecule has 0 bridgehead atoms. The SMILES string of the molecule is O=C(N1CCCC1)N1CC[C@H]2OCCC[C@]2(COCc2ccccn2)C1. The lowest BCUT2D eigenvalue weighted by Gasteiger charge is -2.50. The molecule has 3 saturated heterocycles. The number of fused-ring (bicyclic) bond motifs is 1. The van der Waals surface area contributed by atoms with E-state index in [0.717, 1.165) is 70.6 Å². The first-order chi connectivity index (χ1) is 12.8. The Balaban J connectivity index is 1.41. The zero-order valence-electron chi connectivity index (χ0n) is 15.4. The molecule has 2 atom stereocenters. The number of hydrogen-bond acceptors (Lipinski definition) is 4. The Morgan fingerprint density at radius 1 is 1.23 bits per heavy atom. The van der Waals surface area contributed by atoms with Crippen LogP contribution in [0.2, 0.25) is 0 Å². The maximum atomic E-state index is 12.9. The Morgan fingerprint density at radius 2 is 2.12 bits per heavy atom. The molecule has 1 aromatic rings. The highest BCUT2D eigenvalue weighted by Crippen LogP contribution is 2.41. The average Bonchev–Trinajstić information content (AvgIpc) is 3.22. The number of pyridine rings is 1. The summed E-state index contributed by atoms with van der Waals surface area (Å²) in [5.74, 6) is 0. The second kappa shape index (κ2) is 7.92. The van der Waals surface area contributed by atoms with Crippen molar-refractivity contribution in [2.75, 3.05) is 39.4 Å². The molecule has 0 unspecified atom stereocenters. The molecular formula is C20H29N3O3. The van der Waals surface area contributed by atoms with E-state index in [-0.39, 0.29) is 17.6 Å². The molecule has 6 heteroatoms. The van der Waals surface area contributed by atoms with Gasteiger partial charge in [0.05, 0.1) is 25.0 Å². The van der Waals surface area contributed by atoms with E-state index < -0.39 is 0 Å². The van der Waals surface area contributed by atoms with E-state index in [9.17, 15) is 4.79 Å². The van der Waals surface area contributed by atoms with E-state index in [1.54, 1.807) is 6.20 Å². The second-order valence-corrected chi connectivity index (χ2v) is 7.83. The van der Waals surface area contributed by atoms with Crippen LogP contribution in [0.5, 0.6) is 0 Å². The molecular weight excluding hydrogens is 330 g/mol. The first-order valence-electron chi connectivity index (χ1n) is 9.90. The third-order valence-electron chi connectivity index (χ3n) is 6.00. The van der Waals surface area contributed by atoms with E-state index in [4.69, 9.17) is 9.47 Å². The van der Waals surface area contributed by atoms with Gasteiger partial charge in [0, 0.05) is 44.4 Å². The van der Waals surface area contributed by atoms with Crippen molar-refractivity contribution in [1.82, 2.24) is 14.8 Å². The van der Waals surface area contributed by atoms with Gasteiger partial charge in [-0.15, -0.1) is 0 Å². The van der Waals surface area contributed by atoms with Crippen molar-refractivity contribution in [3.05, 3.63) is 30.1 Å². The van der Waals surface area contributed by atoms with Crippen molar-refractivity contribution in [1.29, 1.82) is 0 Å². The maximum absolute atomic E-state index is 12.9. The highest BCUT2D eigenvalue weighted by Gasteiger charge is 2.47. The number of amides is 2. The summed E-state index contributed by atoms with van der Waals surface area (Å²) >= 11 is 0. The molecule has 0 radical (unpaired) electrons. The van der Waals surface area contributed by atoms with Gasteiger partial charge in [0.1, 0.15) is 0 Å². The zero-order valence-corrected chi connectivity index (χ0v) is 15.4. The Hall–Kier alpha value is -1.66. The molecule has 2 amide bonds. The van der Waals surface area contributed by atoms with Crippen molar-refractivity contribution < 1.29 is 14.3 Å². The Bertz CT molecular complexity index is 606. The van der Waals surface area contributed by atoms with Crippen LogP contribution in [0.15, 0.2) is 24.4 Å². The summed E-state index contributed by atoms with van der Waals surface area (Å²) < 4.78 is 12.2. The van der Waals surface area contributed by atoms with Crippen LogP contribution in [0.1, 0.15) is 37.8 Å². The minimum absolute atomic E-state index is 0.0827. The number of urea groups is 1. The maximum Gasteiger partial charge on any atom is 0.320 e. The van der Waals surface area contributed by atoms with Gasteiger partial charge in [0.2, 0.25) is 0 Å². The number of rotatable bonds is 4. The Kier molecular flexibility index (Phi) is 5.41. The minimum atomic E-state index is -0.0827. The fraction of sp³-hybridized carbons (Fsp3) is 0.700. The van der Waals surface area contributed by atoms with Crippen molar-refractivity contribution >= 4 is 6.03 Å². The molecule has 0 aromatic carbocycles. The monoisotopic (exact) mass is 359 g/mol. The number of aromatic nitrogens is 1. The van der Waals surface area contributed by atoms with Crippen LogP contribution in [0.25, 0.3) is 0 Å². The van der Waals surface area contributed by atoms with Gasteiger partial charge in [-0.25, -0.2) is 4.79 Å². The van der Waals surface area contributed by atoms with Crippen LogP contribution in [0.3, 0.4) is 0 Å². The van der Waals surface area contributed by atoms with Crippen LogP contribution < -0.4 is 0 Å². The predicted molar refractivity (Wildman–Crippen MR) is 97.7 cm³/mol. The van der Waals surface area contributed by atoms with Crippen molar-refractivity contribution in [2.45, 2.75) is 44.8 Å². The molecule has 4 heterocycles. The first-order valence-corrected chi connectivity index (χ1v) is 9.90. The number of piperidine rings is 1. The normalized spacial score (nSPS) is 28.8. The summed E-state index contributed by atoms with van der Waals surface area (Å²) in [7, 11) is 0. The number of hydrogen-bond donors (Lipinski definition) is 0. The third kappa shape index (κ3) is 3.71. The van der Waals surface area contributed by atoms with Crippen LogP contribution in [0.4, 0.5) is 4.79 Å². The quantitative estimate of drug-likeness (QED) is 0.829. The number of nitrogens with zero attached hydrogens (tertiary/aromatic N) is 3. The predicted octanol–water partition coefficient (Wildman–Crippen LogP) is 2.69. The number of likely N-dealkylation sites (tertiary alicyclic amines) is 2. The summed E-state index contributed by atoms with van der Waals surface area (Å²) in [6, 6.07) is 6.08. The molecule has 26 heavy (non-hydrogen) atoms. The van der Waals surface area contributed by atoms with Gasteiger partial charge in [-0.2, -0.15) is 0 Å². The largest absolute Gasteiger partial charge is 0.377 e. The van der Waals surface area contributed by atoms with Gasteiger partial charge in [0.25, 0.3) is 0 Å². The Labute approximate surface area is 155 Å². The smallest absolute Gasteiger partial charge is 0.320 e. The van der Waals surface area contributed by atoms with Gasteiger partial charge in [0.15, 0.2) is 0 Å². The Morgan fingerprint density at radius 3 is 2.92 bits per heavy atom. The molecule has 0 saturated carbocycles. The molecule has 1 aromatic heterocycles. The van der Waals surface area contributed by atoms with E-state index in [2.05, 4.69) is 4.98 Å². The number of carbonyl (C=O) groups excluding carboxylic acids is 1. The van der Waals surface area contributed by atoms with Gasteiger partial charge in [-0.1, -0.05) is 6.07 Å². The minimum Gasteiger partial charge on any atom is -0.377 e. The summed E-state index contributed by atoms with van der Waals surface area (Å²) in [4.78, 5) is 21.3. The van der Waals surface area contributed by atoms with Gasteiger partial charge < -0.3 is 19.3 Å². The van der Waals surface area contributed by atoms with Crippen LogP contribution in [0, 0.1) is 5.41 Å².